The van der Waals surface area contributed by atoms with Crippen LogP contribution in [0.15, 0.2) is 23.6 Å². The second-order valence-electron chi connectivity index (χ2n) is 7.87. The van der Waals surface area contributed by atoms with Crippen LogP contribution in [0.3, 0.4) is 0 Å². The molecule has 2 amide bonds. The van der Waals surface area contributed by atoms with Crippen molar-refractivity contribution in [2.75, 3.05) is 16.8 Å². The standard InChI is InChI=1S/C21H23N3O2S/c25-19(13-3-1-2-4-13)23-21-22-17(12-27-21)15-7-8-18-16(11-15)9-10-24(18)20(26)14-5-6-14/h7-8,11-14H,1-6,9-10H2,(H,22,23,25). The number of nitrogens with zero attached hydrogens (tertiary/aromatic N) is 2. The summed E-state index contributed by atoms with van der Waals surface area (Å²) in [7, 11) is 0. The topological polar surface area (TPSA) is 62.3 Å². The number of amides is 2. The zero-order valence-corrected chi connectivity index (χ0v) is 16.1. The zero-order valence-electron chi connectivity index (χ0n) is 15.2. The highest BCUT2D eigenvalue weighted by molar-refractivity contribution is 7.14. The van der Waals surface area contributed by atoms with Crippen molar-refractivity contribution in [3.05, 3.63) is 29.1 Å². The first-order chi connectivity index (χ1) is 13.2. The van der Waals surface area contributed by atoms with E-state index in [0.29, 0.717) is 5.13 Å². The van der Waals surface area contributed by atoms with Crippen LogP contribution in [-0.2, 0) is 16.0 Å². The van der Waals surface area contributed by atoms with E-state index in [2.05, 4.69) is 16.4 Å². The average molecular weight is 382 g/mol. The van der Waals surface area contributed by atoms with Crippen LogP contribution in [0.2, 0.25) is 0 Å². The molecule has 5 rings (SSSR count). The lowest BCUT2D eigenvalue weighted by Crippen LogP contribution is -2.30. The van der Waals surface area contributed by atoms with Gasteiger partial charge in [-0.25, -0.2) is 4.98 Å². The molecule has 6 heteroatoms. The third-order valence-corrected chi connectivity index (χ3v) is 6.68. The molecule has 2 aliphatic carbocycles. The molecule has 0 atom stereocenters. The average Bonchev–Trinajstić information content (AvgIpc) is 3.09. The Morgan fingerprint density at radius 3 is 2.70 bits per heavy atom. The number of aromatic nitrogens is 1. The van der Waals surface area contributed by atoms with Crippen LogP contribution in [0.4, 0.5) is 10.8 Å². The van der Waals surface area contributed by atoms with E-state index in [9.17, 15) is 9.59 Å². The van der Waals surface area contributed by atoms with Crippen LogP contribution >= 0.6 is 11.3 Å². The largest absolute Gasteiger partial charge is 0.312 e. The molecule has 3 aliphatic rings. The number of anilines is 2. The first kappa shape index (κ1) is 16.9. The van der Waals surface area contributed by atoms with E-state index in [1.165, 1.54) is 16.9 Å². The van der Waals surface area contributed by atoms with Gasteiger partial charge >= 0.3 is 0 Å². The monoisotopic (exact) mass is 381 g/mol. The first-order valence-electron chi connectivity index (χ1n) is 9.90. The van der Waals surface area contributed by atoms with Crippen molar-refractivity contribution in [2.45, 2.75) is 44.9 Å². The highest BCUT2D eigenvalue weighted by atomic mass is 32.1. The molecule has 0 bridgehead atoms. The highest BCUT2D eigenvalue weighted by Gasteiger charge is 2.36. The lowest BCUT2D eigenvalue weighted by atomic mass is 10.1. The Hall–Kier alpha value is -2.21. The number of carbonyl (C=O) groups is 2. The maximum atomic E-state index is 12.4. The van der Waals surface area contributed by atoms with Gasteiger partial charge in [0.1, 0.15) is 0 Å². The van der Waals surface area contributed by atoms with Crippen LogP contribution in [0, 0.1) is 11.8 Å². The molecule has 0 unspecified atom stereocenters. The van der Waals surface area contributed by atoms with E-state index in [4.69, 9.17) is 0 Å². The summed E-state index contributed by atoms with van der Waals surface area (Å²) in [6.07, 6.45) is 7.26. The molecule has 1 aromatic carbocycles. The number of thiazole rings is 1. The number of carbonyl (C=O) groups excluding carboxylic acids is 2. The van der Waals surface area contributed by atoms with Gasteiger partial charge in [-0.05, 0) is 49.8 Å². The molecule has 0 saturated heterocycles. The first-order valence-corrected chi connectivity index (χ1v) is 10.8. The molecule has 1 N–H and O–H groups in total. The summed E-state index contributed by atoms with van der Waals surface area (Å²) < 4.78 is 0. The van der Waals surface area contributed by atoms with Gasteiger partial charge in [-0.1, -0.05) is 18.9 Å². The van der Waals surface area contributed by atoms with Crippen molar-refractivity contribution in [1.29, 1.82) is 0 Å². The predicted octanol–water partition coefficient (Wildman–Crippen LogP) is 4.24. The van der Waals surface area contributed by atoms with Crippen LogP contribution in [-0.4, -0.2) is 23.3 Å². The van der Waals surface area contributed by atoms with Crippen molar-refractivity contribution >= 4 is 34.0 Å². The summed E-state index contributed by atoms with van der Waals surface area (Å²) in [5, 5.41) is 5.65. The highest BCUT2D eigenvalue weighted by Crippen LogP contribution is 2.38. The van der Waals surface area contributed by atoms with Gasteiger partial charge in [-0.15, -0.1) is 11.3 Å². The second kappa shape index (κ2) is 6.75. The van der Waals surface area contributed by atoms with E-state index < -0.39 is 0 Å². The van der Waals surface area contributed by atoms with Crippen molar-refractivity contribution in [3.63, 3.8) is 0 Å². The fraction of sp³-hybridized carbons (Fsp3) is 0.476. The fourth-order valence-electron chi connectivity index (χ4n) is 4.20. The van der Waals surface area contributed by atoms with Crippen molar-refractivity contribution in [3.8, 4) is 11.3 Å². The molecule has 0 radical (unpaired) electrons. The van der Waals surface area contributed by atoms with Gasteiger partial charge in [-0.3, -0.25) is 9.59 Å². The van der Waals surface area contributed by atoms with Crippen molar-refractivity contribution in [1.82, 2.24) is 4.98 Å². The molecule has 0 spiro atoms. The van der Waals surface area contributed by atoms with Gasteiger partial charge in [0.25, 0.3) is 0 Å². The second-order valence-corrected chi connectivity index (χ2v) is 8.72. The molecule has 5 nitrogen and oxygen atoms in total. The van der Waals surface area contributed by atoms with Gasteiger partial charge in [0.05, 0.1) is 5.69 Å². The van der Waals surface area contributed by atoms with E-state index in [0.717, 1.165) is 68.4 Å². The lowest BCUT2D eigenvalue weighted by Gasteiger charge is -2.17. The van der Waals surface area contributed by atoms with Gasteiger partial charge in [-0.2, -0.15) is 0 Å². The number of benzene rings is 1. The smallest absolute Gasteiger partial charge is 0.230 e. The predicted molar refractivity (Wildman–Crippen MR) is 107 cm³/mol. The summed E-state index contributed by atoms with van der Waals surface area (Å²) in [5.41, 5.74) is 4.20. The molecule has 1 aliphatic heterocycles. The van der Waals surface area contributed by atoms with Crippen molar-refractivity contribution in [2.24, 2.45) is 11.8 Å². The summed E-state index contributed by atoms with van der Waals surface area (Å²) in [6, 6.07) is 6.23. The summed E-state index contributed by atoms with van der Waals surface area (Å²) in [6.45, 7) is 0.786. The Kier molecular flexibility index (Phi) is 4.23. The number of hydrogen-bond acceptors (Lipinski definition) is 4. The number of nitrogens with one attached hydrogen (secondary N) is 1. The fourth-order valence-corrected chi connectivity index (χ4v) is 4.92. The molecule has 2 aromatic rings. The minimum atomic E-state index is 0.108. The molecule has 140 valence electrons. The Morgan fingerprint density at radius 1 is 1.11 bits per heavy atom. The summed E-state index contributed by atoms with van der Waals surface area (Å²) >= 11 is 1.47. The number of fused-ring (bicyclic) bond motifs is 1. The Labute approximate surface area is 162 Å². The molecule has 2 saturated carbocycles. The Balaban J connectivity index is 1.31. The van der Waals surface area contributed by atoms with Gasteiger partial charge < -0.3 is 10.2 Å². The molecule has 2 heterocycles. The van der Waals surface area contributed by atoms with Crippen LogP contribution in [0.5, 0.6) is 0 Å². The summed E-state index contributed by atoms with van der Waals surface area (Å²) in [5.74, 6) is 0.788. The van der Waals surface area contributed by atoms with E-state index in [1.807, 2.05) is 22.4 Å². The van der Waals surface area contributed by atoms with E-state index in [1.54, 1.807) is 0 Å². The van der Waals surface area contributed by atoms with Gasteiger partial charge in [0.2, 0.25) is 11.8 Å². The Morgan fingerprint density at radius 2 is 1.93 bits per heavy atom. The minimum absolute atomic E-state index is 0.108. The molecule has 2 fully saturated rings. The maximum Gasteiger partial charge on any atom is 0.230 e. The quantitative estimate of drug-likeness (QED) is 0.862. The molecular formula is C21H23N3O2S. The molecule has 27 heavy (non-hydrogen) atoms. The Bertz CT molecular complexity index is 897. The maximum absolute atomic E-state index is 12.4. The van der Waals surface area contributed by atoms with E-state index >= 15 is 0 Å². The van der Waals surface area contributed by atoms with Crippen LogP contribution in [0.1, 0.15) is 44.1 Å². The minimum Gasteiger partial charge on any atom is -0.312 e. The zero-order chi connectivity index (χ0) is 18.4. The van der Waals surface area contributed by atoms with Crippen LogP contribution in [0.25, 0.3) is 11.3 Å². The third kappa shape index (κ3) is 3.27. The normalized spacial score (nSPS) is 19.3. The van der Waals surface area contributed by atoms with E-state index in [-0.39, 0.29) is 23.7 Å². The van der Waals surface area contributed by atoms with Crippen molar-refractivity contribution < 1.29 is 9.59 Å². The molecule has 1 aromatic heterocycles. The SMILES string of the molecule is O=C(Nc1nc(-c2ccc3c(c2)CCN3C(=O)C2CC2)cs1)C1CCCC1. The lowest BCUT2D eigenvalue weighted by molar-refractivity contribution is -0.120. The van der Waals surface area contributed by atoms with Gasteiger partial charge in [0.15, 0.2) is 5.13 Å². The molecular weight excluding hydrogens is 358 g/mol. The van der Waals surface area contributed by atoms with Gasteiger partial charge in [0, 0.05) is 35.0 Å². The third-order valence-electron chi connectivity index (χ3n) is 5.92. The van der Waals surface area contributed by atoms with Crippen LogP contribution < -0.4 is 10.2 Å². The summed E-state index contributed by atoms with van der Waals surface area (Å²) in [4.78, 5) is 31.3. The number of rotatable bonds is 4. The number of hydrogen-bond donors (Lipinski definition) is 1.